The van der Waals surface area contributed by atoms with Crippen molar-refractivity contribution < 1.29 is 14.3 Å². The Balaban J connectivity index is 1.82. The summed E-state index contributed by atoms with van der Waals surface area (Å²) in [5.74, 6) is 1.11. The first kappa shape index (κ1) is 14.5. The molecule has 1 aromatic heterocycles. The van der Waals surface area contributed by atoms with Crippen molar-refractivity contribution >= 4 is 5.91 Å². The molecule has 1 aromatic rings. The molecular weight excluding hydrogens is 270 g/mol. The minimum atomic E-state index is -0.00632. The summed E-state index contributed by atoms with van der Waals surface area (Å²) in [5, 5.41) is 0. The van der Waals surface area contributed by atoms with Crippen molar-refractivity contribution in [3.05, 3.63) is 17.7 Å². The number of imidazole rings is 1. The van der Waals surface area contributed by atoms with Gasteiger partial charge in [-0.05, 0) is 12.8 Å². The summed E-state index contributed by atoms with van der Waals surface area (Å²) < 4.78 is 12.8. The minimum absolute atomic E-state index is 0.00632. The third-order valence-corrected chi connectivity index (χ3v) is 4.29. The number of carbonyl (C=O) groups is 1. The van der Waals surface area contributed by atoms with Crippen LogP contribution in [-0.4, -0.2) is 59.9 Å². The predicted molar refractivity (Wildman–Crippen MR) is 77.3 cm³/mol. The molecule has 3 heterocycles. The Morgan fingerprint density at radius 3 is 3.19 bits per heavy atom. The topological polar surface area (TPSA) is 56.6 Å². The molecule has 21 heavy (non-hydrogen) atoms. The first-order valence-corrected chi connectivity index (χ1v) is 7.73. The highest BCUT2D eigenvalue weighted by molar-refractivity contribution is 5.93. The molecule has 0 N–H and O–H groups in total. The van der Waals surface area contributed by atoms with Gasteiger partial charge in [0.25, 0.3) is 5.91 Å². The van der Waals surface area contributed by atoms with Gasteiger partial charge in [0, 0.05) is 26.6 Å². The van der Waals surface area contributed by atoms with Crippen LogP contribution in [0.4, 0.5) is 0 Å². The molecule has 1 amide bonds. The van der Waals surface area contributed by atoms with Crippen molar-refractivity contribution in [2.75, 3.05) is 33.5 Å². The first-order chi connectivity index (χ1) is 10.3. The van der Waals surface area contributed by atoms with E-state index in [4.69, 9.17) is 9.47 Å². The molecule has 0 saturated carbocycles. The van der Waals surface area contributed by atoms with Gasteiger partial charge >= 0.3 is 0 Å². The molecule has 2 aliphatic heterocycles. The average Bonchev–Trinajstić information content (AvgIpc) is 2.76. The Morgan fingerprint density at radius 2 is 2.33 bits per heavy atom. The van der Waals surface area contributed by atoms with E-state index in [1.165, 1.54) is 6.42 Å². The number of hydrogen-bond acceptors (Lipinski definition) is 4. The summed E-state index contributed by atoms with van der Waals surface area (Å²) in [7, 11) is 1.65. The summed E-state index contributed by atoms with van der Waals surface area (Å²) in [6.07, 6.45) is 6.20. The molecule has 1 fully saturated rings. The lowest BCUT2D eigenvalue weighted by Crippen LogP contribution is -2.51. The van der Waals surface area contributed by atoms with Gasteiger partial charge in [-0.15, -0.1) is 0 Å². The van der Waals surface area contributed by atoms with Crippen molar-refractivity contribution in [3.8, 4) is 0 Å². The van der Waals surface area contributed by atoms with Crippen molar-refractivity contribution in [1.82, 2.24) is 14.5 Å². The minimum Gasteiger partial charge on any atom is -0.382 e. The monoisotopic (exact) mass is 293 g/mol. The molecule has 0 aromatic carbocycles. The van der Waals surface area contributed by atoms with Crippen LogP contribution in [-0.2, 0) is 22.4 Å². The number of fused-ring (bicyclic) bond motifs is 1. The fourth-order valence-corrected chi connectivity index (χ4v) is 3.16. The number of rotatable bonds is 3. The molecular formula is C15H23N3O3. The lowest BCUT2D eigenvalue weighted by atomic mass is 10.2. The Morgan fingerprint density at radius 1 is 1.43 bits per heavy atom. The maximum atomic E-state index is 12.9. The van der Waals surface area contributed by atoms with Gasteiger partial charge in [-0.1, -0.05) is 6.42 Å². The van der Waals surface area contributed by atoms with Crippen LogP contribution in [0, 0.1) is 0 Å². The van der Waals surface area contributed by atoms with Gasteiger partial charge in [-0.25, -0.2) is 4.98 Å². The zero-order valence-electron chi connectivity index (χ0n) is 12.6. The molecule has 2 aliphatic rings. The van der Waals surface area contributed by atoms with Crippen LogP contribution in [0.2, 0.25) is 0 Å². The van der Waals surface area contributed by atoms with Gasteiger partial charge in [0.1, 0.15) is 11.5 Å². The zero-order valence-corrected chi connectivity index (χ0v) is 12.6. The quantitative estimate of drug-likeness (QED) is 0.837. The van der Waals surface area contributed by atoms with E-state index in [2.05, 4.69) is 9.55 Å². The smallest absolute Gasteiger partial charge is 0.272 e. The number of ether oxygens (including phenoxy) is 2. The molecule has 6 heteroatoms. The number of amides is 1. The molecule has 1 atom stereocenters. The van der Waals surface area contributed by atoms with Crippen LogP contribution in [0.5, 0.6) is 0 Å². The predicted octanol–water partition coefficient (Wildman–Crippen LogP) is 1.10. The summed E-state index contributed by atoms with van der Waals surface area (Å²) in [4.78, 5) is 19.2. The second-order valence-corrected chi connectivity index (χ2v) is 5.70. The van der Waals surface area contributed by atoms with Crippen molar-refractivity contribution in [3.63, 3.8) is 0 Å². The summed E-state index contributed by atoms with van der Waals surface area (Å²) in [6, 6.07) is -0.00632. The molecule has 0 bridgehead atoms. The molecule has 116 valence electrons. The van der Waals surface area contributed by atoms with Crippen LogP contribution in [0.1, 0.15) is 35.6 Å². The number of aromatic nitrogens is 2. The van der Waals surface area contributed by atoms with E-state index in [1.807, 2.05) is 4.90 Å². The third-order valence-electron chi connectivity index (χ3n) is 4.29. The molecule has 6 nitrogen and oxygen atoms in total. The second kappa shape index (κ2) is 6.58. The van der Waals surface area contributed by atoms with Crippen LogP contribution in [0.25, 0.3) is 0 Å². The van der Waals surface area contributed by atoms with E-state index in [-0.39, 0.29) is 11.9 Å². The molecule has 0 radical (unpaired) electrons. The number of morpholine rings is 1. The number of nitrogens with zero attached hydrogens (tertiary/aromatic N) is 3. The van der Waals surface area contributed by atoms with Crippen molar-refractivity contribution in [2.45, 2.75) is 38.3 Å². The maximum absolute atomic E-state index is 12.9. The number of carbonyl (C=O) groups excluding carboxylic acids is 1. The molecule has 1 unspecified atom stereocenters. The SMILES string of the molecule is COCC1COCCN1C(=O)c1cnc2n1CCCCC2. The van der Waals surface area contributed by atoms with E-state index in [9.17, 15) is 4.79 Å². The molecule has 1 saturated heterocycles. The van der Waals surface area contributed by atoms with Crippen molar-refractivity contribution in [1.29, 1.82) is 0 Å². The van der Waals surface area contributed by atoms with E-state index in [0.29, 0.717) is 26.4 Å². The van der Waals surface area contributed by atoms with E-state index < -0.39 is 0 Å². The van der Waals surface area contributed by atoms with Gasteiger partial charge in [-0.3, -0.25) is 4.79 Å². The average molecular weight is 293 g/mol. The normalized spacial score (nSPS) is 22.7. The van der Waals surface area contributed by atoms with E-state index in [1.54, 1.807) is 13.3 Å². The van der Waals surface area contributed by atoms with E-state index in [0.717, 1.165) is 37.3 Å². The Kier molecular flexibility index (Phi) is 4.55. The van der Waals surface area contributed by atoms with Gasteiger partial charge in [-0.2, -0.15) is 0 Å². The highest BCUT2D eigenvalue weighted by Crippen LogP contribution is 2.19. The Bertz CT molecular complexity index is 498. The summed E-state index contributed by atoms with van der Waals surface area (Å²) in [5.41, 5.74) is 0.718. The first-order valence-electron chi connectivity index (χ1n) is 7.73. The van der Waals surface area contributed by atoms with Gasteiger partial charge < -0.3 is 18.9 Å². The highest BCUT2D eigenvalue weighted by atomic mass is 16.5. The van der Waals surface area contributed by atoms with Crippen LogP contribution in [0.3, 0.4) is 0 Å². The molecule has 0 spiro atoms. The zero-order chi connectivity index (χ0) is 14.7. The van der Waals surface area contributed by atoms with Crippen molar-refractivity contribution in [2.24, 2.45) is 0 Å². The van der Waals surface area contributed by atoms with Gasteiger partial charge in [0.15, 0.2) is 0 Å². The number of hydrogen-bond donors (Lipinski definition) is 0. The summed E-state index contributed by atoms with van der Waals surface area (Å²) >= 11 is 0. The van der Waals surface area contributed by atoms with Crippen LogP contribution >= 0.6 is 0 Å². The fourth-order valence-electron chi connectivity index (χ4n) is 3.16. The standard InChI is InChI=1S/C15H23N3O3/c1-20-10-12-11-21-8-7-17(12)15(19)13-9-16-14-5-3-2-4-6-18(13)14/h9,12H,2-8,10-11H2,1H3. The number of aryl methyl sites for hydroxylation is 1. The lowest BCUT2D eigenvalue weighted by molar-refractivity contribution is -0.0256. The van der Waals surface area contributed by atoms with Gasteiger partial charge in [0.2, 0.25) is 0 Å². The summed E-state index contributed by atoms with van der Waals surface area (Å²) in [6.45, 7) is 3.16. The lowest BCUT2D eigenvalue weighted by Gasteiger charge is -2.35. The van der Waals surface area contributed by atoms with E-state index >= 15 is 0 Å². The maximum Gasteiger partial charge on any atom is 0.272 e. The largest absolute Gasteiger partial charge is 0.382 e. The highest BCUT2D eigenvalue weighted by Gasteiger charge is 2.30. The van der Waals surface area contributed by atoms with Gasteiger partial charge in [0.05, 0.1) is 32.1 Å². The Hall–Kier alpha value is -1.40. The Labute approximate surface area is 125 Å². The fraction of sp³-hybridized carbons (Fsp3) is 0.733. The number of methoxy groups -OCH3 is 1. The second-order valence-electron chi connectivity index (χ2n) is 5.70. The molecule has 3 rings (SSSR count). The third kappa shape index (κ3) is 2.96. The van der Waals surface area contributed by atoms with Crippen LogP contribution < -0.4 is 0 Å². The van der Waals surface area contributed by atoms with Crippen LogP contribution in [0.15, 0.2) is 6.20 Å². The molecule has 0 aliphatic carbocycles.